The highest BCUT2D eigenvalue weighted by atomic mass is 35.5. The number of amides is 1. The Bertz CT molecular complexity index is 397. The van der Waals surface area contributed by atoms with Gasteiger partial charge >= 0.3 is 0 Å². The zero-order valence-corrected chi connectivity index (χ0v) is 10.8. The summed E-state index contributed by atoms with van der Waals surface area (Å²) in [4.78, 5) is 17.7. The number of hydrogen-bond donors (Lipinski definition) is 2. The van der Waals surface area contributed by atoms with E-state index in [0.29, 0.717) is 17.8 Å². The minimum absolute atomic E-state index is 0.167. The molecule has 0 saturated carbocycles. The Morgan fingerprint density at radius 2 is 2.35 bits per heavy atom. The molecule has 0 spiro atoms. The molecule has 0 saturated heterocycles. The summed E-state index contributed by atoms with van der Waals surface area (Å²) >= 11 is 5.82. The molecule has 0 aliphatic heterocycles. The Kier molecular flexibility index (Phi) is 5.18. The van der Waals surface area contributed by atoms with Crippen molar-refractivity contribution in [3.63, 3.8) is 0 Å². The molecule has 0 aliphatic carbocycles. The number of anilines is 1. The standard InChI is InChI=1S/C11H17ClN4O/c1-3-16(2)5-4-14-11(17)9-6-8(13)7-15-10(9)12/h6-7H,3-5,13H2,1-2H3,(H,14,17). The number of carbonyl (C=O) groups is 1. The molecule has 0 fully saturated rings. The monoisotopic (exact) mass is 256 g/mol. The molecule has 5 nitrogen and oxygen atoms in total. The maximum atomic E-state index is 11.8. The molecule has 6 heteroatoms. The summed E-state index contributed by atoms with van der Waals surface area (Å²) in [5.41, 5.74) is 6.29. The van der Waals surface area contributed by atoms with Crippen LogP contribution in [0.4, 0.5) is 5.69 Å². The molecule has 0 aromatic carbocycles. The average molecular weight is 257 g/mol. The Hall–Kier alpha value is -1.33. The molecule has 0 radical (unpaired) electrons. The maximum Gasteiger partial charge on any atom is 0.254 e. The Morgan fingerprint density at radius 3 is 3.00 bits per heavy atom. The van der Waals surface area contributed by atoms with E-state index in [-0.39, 0.29) is 11.1 Å². The Labute approximate surface area is 106 Å². The van der Waals surface area contributed by atoms with E-state index in [1.54, 1.807) is 0 Å². The molecule has 0 unspecified atom stereocenters. The lowest BCUT2D eigenvalue weighted by atomic mass is 10.2. The van der Waals surface area contributed by atoms with Crippen LogP contribution in [0.5, 0.6) is 0 Å². The molecule has 1 rings (SSSR count). The lowest BCUT2D eigenvalue weighted by molar-refractivity contribution is 0.0950. The maximum absolute atomic E-state index is 11.8. The molecule has 1 heterocycles. The average Bonchev–Trinajstić information content (AvgIpc) is 2.31. The Morgan fingerprint density at radius 1 is 1.65 bits per heavy atom. The fourth-order valence-corrected chi connectivity index (χ4v) is 1.43. The number of nitrogens with zero attached hydrogens (tertiary/aromatic N) is 2. The van der Waals surface area contributed by atoms with Gasteiger partial charge < -0.3 is 16.0 Å². The van der Waals surface area contributed by atoms with E-state index < -0.39 is 0 Å². The van der Waals surface area contributed by atoms with Crippen LogP contribution in [0.25, 0.3) is 0 Å². The first-order valence-electron chi connectivity index (χ1n) is 5.42. The van der Waals surface area contributed by atoms with Crippen molar-refractivity contribution < 1.29 is 4.79 Å². The molecule has 94 valence electrons. The van der Waals surface area contributed by atoms with E-state index in [4.69, 9.17) is 17.3 Å². The molecule has 0 atom stereocenters. The predicted octanol–water partition coefficient (Wildman–Crippen LogP) is 0.999. The first-order chi connectivity index (χ1) is 8.04. The van der Waals surface area contributed by atoms with Crippen molar-refractivity contribution in [3.05, 3.63) is 23.0 Å². The molecule has 1 aromatic rings. The normalized spacial score (nSPS) is 10.6. The zero-order valence-electron chi connectivity index (χ0n) is 10.0. The highest BCUT2D eigenvalue weighted by molar-refractivity contribution is 6.32. The molecule has 0 bridgehead atoms. The van der Waals surface area contributed by atoms with E-state index >= 15 is 0 Å². The highest BCUT2D eigenvalue weighted by Crippen LogP contribution is 2.15. The van der Waals surface area contributed by atoms with E-state index in [9.17, 15) is 4.79 Å². The van der Waals surface area contributed by atoms with Crippen LogP contribution >= 0.6 is 11.6 Å². The number of aromatic nitrogens is 1. The van der Waals surface area contributed by atoms with Gasteiger partial charge in [-0.3, -0.25) is 4.79 Å². The largest absolute Gasteiger partial charge is 0.397 e. The molecular weight excluding hydrogens is 240 g/mol. The van der Waals surface area contributed by atoms with Gasteiger partial charge in [0.15, 0.2) is 0 Å². The van der Waals surface area contributed by atoms with E-state index in [0.717, 1.165) is 13.1 Å². The summed E-state index contributed by atoms with van der Waals surface area (Å²) in [6.07, 6.45) is 1.42. The van der Waals surface area contributed by atoms with Crippen LogP contribution in [-0.4, -0.2) is 42.5 Å². The molecule has 1 aromatic heterocycles. The summed E-state index contributed by atoms with van der Waals surface area (Å²) in [6, 6.07) is 1.52. The van der Waals surface area contributed by atoms with Crippen molar-refractivity contribution in [1.29, 1.82) is 0 Å². The van der Waals surface area contributed by atoms with Crippen molar-refractivity contribution in [3.8, 4) is 0 Å². The number of pyridine rings is 1. The number of rotatable bonds is 5. The number of nitrogen functional groups attached to an aromatic ring is 1. The zero-order chi connectivity index (χ0) is 12.8. The van der Waals surface area contributed by atoms with Crippen molar-refractivity contribution in [2.75, 3.05) is 32.4 Å². The van der Waals surface area contributed by atoms with Gasteiger partial charge in [0, 0.05) is 13.1 Å². The fourth-order valence-electron chi connectivity index (χ4n) is 1.24. The topological polar surface area (TPSA) is 71.2 Å². The lowest BCUT2D eigenvalue weighted by Crippen LogP contribution is -2.33. The van der Waals surface area contributed by atoms with E-state index in [2.05, 4.69) is 22.1 Å². The van der Waals surface area contributed by atoms with Gasteiger partial charge in [-0.25, -0.2) is 4.98 Å². The van der Waals surface area contributed by atoms with Crippen LogP contribution in [0.3, 0.4) is 0 Å². The molecule has 0 aliphatic rings. The third kappa shape index (κ3) is 4.20. The van der Waals surface area contributed by atoms with Gasteiger partial charge in [-0.15, -0.1) is 0 Å². The second-order valence-electron chi connectivity index (χ2n) is 3.76. The summed E-state index contributed by atoms with van der Waals surface area (Å²) in [7, 11) is 1.99. The number of likely N-dealkylation sites (N-methyl/N-ethyl adjacent to an activating group) is 1. The van der Waals surface area contributed by atoms with E-state index in [1.165, 1.54) is 12.3 Å². The second-order valence-corrected chi connectivity index (χ2v) is 4.12. The van der Waals surface area contributed by atoms with Crippen molar-refractivity contribution in [2.24, 2.45) is 0 Å². The van der Waals surface area contributed by atoms with Crippen molar-refractivity contribution in [1.82, 2.24) is 15.2 Å². The lowest BCUT2D eigenvalue weighted by Gasteiger charge is -2.14. The van der Waals surface area contributed by atoms with Crippen LogP contribution in [-0.2, 0) is 0 Å². The number of hydrogen-bond acceptors (Lipinski definition) is 4. The minimum Gasteiger partial charge on any atom is -0.397 e. The highest BCUT2D eigenvalue weighted by Gasteiger charge is 2.11. The van der Waals surface area contributed by atoms with Gasteiger partial charge in [-0.05, 0) is 19.7 Å². The number of nitrogens with one attached hydrogen (secondary N) is 1. The molecule has 17 heavy (non-hydrogen) atoms. The number of nitrogens with two attached hydrogens (primary N) is 1. The van der Waals surface area contributed by atoms with Crippen LogP contribution in [0.15, 0.2) is 12.3 Å². The second kappa shape index (κ2) is 6.42. The Balaban J connectivity index is 2.55. The van der Waals surface area contributed by atoms with Crippen LogP contribution in [0.2, 0.25) is 5.15 Å². The number of carbonyl (C=O) groups excluding carboxylic acids is 1. The first-order valence-corrected chi connectivity index (χ1v) is 5.80. The van der Waals surface area contributed by atoms with Gasteiger partial charge in [0.1, 0.15) is 5.15 Å². The molecule has 3 N–H and O–H groups in total. The van der Waals surface area contributed by atoms with Crippen LogP contribution in [0, 0.1) is 0 Å². The van der Waals surface area contributed by atoms with Gasteiger partial charge in [0.05, 0.1) is 17.4 Å². The molecule has 1 amide bonds. The fraction of sp³-hybridized carbons (Fsp3) is 0.455. The van der Waals surface area contributed by atoms with Crippen molar-refractivity contribution in [2.45, 2.75) is 6.92 Å². The summed E-state index contributed by atoms with van der Waals surface area (Å²) in [5.74, 6) is -0.251. The van der Waals surface area contributed by atoms with Gasteiger partial charge in [0.25, 0.3) is 5.91 Å². The van der Waals surface area contributed by atoms with Gasteiger partial charge in [0.2, 0.25) is 0 Å². The first kappa shape index (κ1) is 13.7. The minimum atomic E-state index is -0.251. The predicted molar refractivity (Wildman–Crippen MR) is 69.2 cm³/mol. The third-order valence-corrected chi connectivity index (χ3v) is 2.72. The van der Waals surface area contributed by atoms with Crippen LogP contribution in [0.1, 0.15) is 17.3 Å². The summed E-state index contributed by atoms with van der Waals surface area (Å²) in [6.45, 7) is 4.35. The summed E-state index contributed by atoms with van der Waals surface area (Å²) in [5, 5.41) is 2.94. The van der Waals surface area contributed by atoms with Gasteiger partial charge in [-0.1, -0.05) is 18.5 Å². The summed E-state index contributed by atoms with van der Waals surface area (Å²) < 4.78 is 0. The SMILES string of the molecule is CCN(C)CCNC(=O)c1cc(N)cnc1Cl. The number of halogens is 1. The van der Waals surface area contributed by atoms with E-state index in [1.807, 2.05) is 7.05 Å². The quantitative estimate of drug-likeness (QED) is 0.771. The molecular formula is C11H17ClN4O. The van der Waals surface area contributed by atoms with Crippen molar-refractivity contribution >= 4 is 23.2 Å². The van der Waals surface area contributed by atoms with Crippen LogP contribution < -0.4 is 11.1 Å². The van der Waals surface area contributed by atoms with Gasteiger partial charge in [-0.2, -0.15) is 0 Å². The third-order valence-electron chi connectivity index (χ3n) is 2.42. The smallest absolute Gasteiger partial charge is 0.254 e.